The molecule has 1 fully saturated rings. The van der Waals surface area contributed by atoms with Gasteiger partial charge in [-0.15, -0.1) is 0 Å². The molecule has 2 aromatic carbocycles. The van der Waals surface area contributed by atoms with Crippen LogP contribution in [0.5, 0.6) is 11.5 Å². The number of hydrogen-bond acceptors (Lipinski definition) is 5. The molecule has 1 atom stereocenters. The van der Waals surface area contributed by atoms with Crippen LogP contribution in [-0.2, 0) is 6.61 Å². The van der Waals surface area contributed by atoms with E-state index in [1.165, 1.54) is 11.3 Å². The SMILES string of the molecule is COc1ccccc1N1CCN(C2CCOc3ccc(CO)cc32)CC1. The Morgan fingerprint density at radius 1 is 1.12 bits per heavy atom. The molecule has 138 valence electrons. The number of methoxy groups -OCH3 is 1. The number of aliphatic hydroxyl groups is 1. The number of fused-ring (bicyclic) bond motifs is 1. The number of para-hydroxylation sites is 2. The minimum absolute atomic E-state index is 0.0710. The van der Waals surface area contributed by atoms with E-state index in [0.29, 0.717) is 6.04 Å². The summed E-state index contributed by atoms with van der Waals surface area (Å²) < 4.78 is 11.3. The zero-order chi connectivity index (χ0) is 17.9. The summed E-state index contributed by atoms with van der Waals surface area (Å²) in [7, 11) is 1.73. The van der Waals surface area contributed by atoms with Crippen molar-refractivity contribution >= 4 is 5.69 Å². The molecule has 1 N–H and O–H groups in total. The Kier molecular flexibility index (Phi) is 5.00. The van der Waals surface area contributed by atoms with E-state index in [1.54, 1.807) is 7.11 Å². The van der Waals surface area contributed by atoms with Gasteiger partial charge in [-0.1, -0.05) is 18.2 Å². The number of hydrogen-bond donors (Lipinski definition) is 1. The number of aliphatic hydroxyl groups excluding tert-OH is 1. The molecule has 2 heterocycles. The summed E-state index contributed by atoms with van der Waals surface area (Å²) in [6.07, 6.45) is 0.997. The average Bonchev–Trinajstić information content (AvgIpc) is 2.73. The van der Waals surface area contributed by atoms with Crippen molar-refractivity contribution in [2.24, 2.45) is 0 Å². The van der Waals surface area contributed by atoms with Crippen LogP contribution in [0.3, 0.4) is 0 Å². The Balaban J connectivity index is 1.49. The van der Waals surface area contributed by atoms with E-state index >= 15 is 0 Å². The molecule has 0 amide bonds. The second-order valence-electron chi connectivity index (χ2n) is 6.88. The standard InChI is InChI=1S/C21H26N2O3/c1-25-21-5-3-2-4-19(21)23-11-9-22(10-12-23)18-8-13-26-20-7-6-16(15-24)14-17(18)20/h2-7,14,18,24H,8-13,15H2,1H3. The lowest BCUT2D eigenvalue weighted by molar-refractivity contribution is 0.133. The fourth-order valence-electron chi connectivity index (χ4n) is 4.07. The number of nitrogens with zero attached hydrogens (tertiary/aromatic N) is 2. The molecule has 26 heavy (non-hydrogen) atoms. The molecule has 5 heteroatoms. The maximum absolute atomic E-state index is 9.47. The summed E-state index contributed by atoms with van der Waals surface area (Å²) in [4.78, 5) is 4.95. The first kappa shape index (κ1) is 17.2. The van der Waals surface area contributed by atoms with Crippen molar-refractivity contribution in [1.82, 2.24) is 4.90 Å². The number of piperazine rings is 1. The van der Waals surface area contributed by atoms with Crippen molar-refractivity contribution < 1.29 is 14.6 Å². The van der Waals surface area contributed by atoms with Gasteiger partial charge in [0, 0.05) is 44.2 Å². The maximum atomic E-state index is 9.47. The third kappa shape index (κ3) is 3.24. The molecule has 1 unspecified atom stereocenters. The molecule has 0 bridgehead atoms. The monoisotopic (exact) mass is 354 g/mol. The van der Waals surface area contributed by atoms with Crippen LogP contribution < -0.4 is 14.4 Å². The van der Waals surface area contributed by atoms with Gasteiger partial charge in [0.05, 0.1) is 26.0 Å². The first-order valence-corrected chi connectivity index (χ1v) is 9.28. The van der Waals surface area contributed by atoms with Crippen LogP contribution in [0.25, 0.3) is 0 Å². The predicted molar refractivity (Wildman–Crippen MR) is 102 cm³/mol. The van der Waals surface area contributed by atoms with E-state index in [0.717, 1.165) is 56.3 Å². The highest BCUT2D eigenvalue weighted by molar-refractivity contribution is 5.58. The third-order valence-electron chi connectivity index (χ3n) is 5.45. The smallest absolute Gasteiger partial charge is 0.142 e. The van der Waals surface area contributed by atoms with Crippen LogP contribution in [0, 0.1) is 0 Å². The molecule has 2 aliphatic heterocycles. The maximum Gasteiger partial charge on any atom is 0.142 e. The number of rotatable bonds is 4. The highest BCUT2D eigenvalue weighted by Gasteiger charge is 2.30. The van der Waals surface area contributed by atoms with Crippen molar-refractivity contribution in [3.05, 3.63) is 53.6 Å². The second-order valence-corrected chi connectivity index (χ2v) is 6.88. The number of anilines is 1. The molecule has 2 aliphatic rings. The van der Waals surface area contributed by atoms with E-state index in [1.807, 2.05) is 24.3 Å². The zero-order valence-corrected chi connectivity index (χ0v) is 15.2. The lowest BCUT2D eigenvalue weighted by Gasteiger charge is -2.42. The number of benzene rings is 2. The van der Waals surface area contributed by atoms with Crippen molar-refractivity contribution in [2.45, 2.75) is 19.1 Å². The Hall–Kier alpha value is -2.24. The van der Waals surface area contributed by atoms with Crippen molar-refractivity contribution in [2.75, 3.05) is 44.8 Å². The van der Waals surface area contributed by atoms with E-state index in [-0.39, 0.29) is 6.61 Å². The lowest BCUT2D eigenvalue weighted by Crippen LogP contribution is -2.48. The Bertz CT molecular complexity index is 757. The first-order chi connectivity index (χ1) is 12.8. The van der Waals surface area contributed by atoms with Crippen LogP contribution >= 0.6 is 0 Å². The molecule has 5 nitrogen and oxygen atoms in total. The molecular formula is C21H26N2O3. The van der Waals surface area contributed by atoms with Gasteiger partial charge in [0.25, 0.3) is 0 Å². The second kappa shape index (κ2) is 7.56. The molecular weight excluding hydrogens is 328 g/mol. The van der Waals surface area contributed by atoms with Crippen molar-refractivity contribution in [1.29, 1.82) is 0 Å². The largest absolute Gasteiger partial charge is 0.495 e. The Labute approximate surface area is 154 Å². The first-order valence-electron chi connectivity index (χ1n) is 9.28. The van der Waals surface area contributed by atoms with Gasteiger partial charge >= 0.3 is 0 Å². The third-order valence-corrected chi connectivity index (χ3v) is 5.45. The van der Waals surface area contributed by atoms with Crippen molar-refractivity contribution in [3.8, 4) is 11.5 Å². The minimum Gasteiger partial charge on any atom is -0.495 e. The van der Waals surface area contributed by atoms with Crippen LogP contribution in [0.4, 0.5) is 5.69 Å². The molecule has 0 aliphatic carbocycles. The minimum atomic E-state index is 0.0710. The van der Waals surface area contributed by atoms with Gasteiger partial charge in [0.1, 0.15) is 11.5 Å². The topological polar surface area (TPSA) is 45.2 Å². The van der Waals surface area contributed by atoms with Crippen LogP contribution in [0.2, 0.25) is 0 Å². The average molecular weight is 354 g/mol. The van der Waals surface area contributed by atoms with Gasteiger partial charge in [-0.25, -0.2) is 0 Å². The van der Waals surface area contributed by atoms with Gasteiger partial charge in [-0.2, -0.15) is 0 Å². The van der Waals surface area contributed by atoms with E-state index in [9.17, 15) is 5.11 Å². The van der Waals surface area contributed by atoms with Crippen LogP contribution in [-0.4, -0.2) is 49.9 Å². The fourth-order valence-corrected chi connectivity index (χ4v) is 4.07. The van der Waals surface area contributed by atoms with Crippen LogP contribution in [0.1, 0.15) is 23.6 Å². The van der Waals surface area contributed by atoms with Crippen molar-refractivity contribution in [3.63, 3.8) is 0 Å². The summed E-state index contributed by atoms with van der Waals surface area (Å²) >= 11 is 0. The molecule has 2 aromatic rings. The van der Waals surface area contributed by atoms with Gasteiger partial charge in [-0.05, 0) is 29.8 Å². The highest BCUT2D eigenvalue weighted by atomic mass is 16.5. The molecule has 1 saturated heterocycles. The summed E-state index contributed by atoms with van der Waals surface area (Å²) in [6.45, 7) is 4.79. The molecule has 0 spiro atoms. The van der Waals surface area contributed by atoms with E-state index in [2.05, 4.69) is 28.0 Å². The Morgan fingerprint density at radius 3 is 2.69 bits per heavy atom. The quantitative estimate of drug-likeness (QED) is 0.915. The molecule has 0 radical (unpaired) electrons. The Morgan fingerprint density at radius 2 is 1.92 bits per heavy atom. The predicted octanol–water partition coefficient (Wildman–Crippen LogP) is 2.83. The fraction of sp³-hybridized carbons (Fsp3) is 0.429. The van der Waals surface area contributed by atoms with E-state index in [4.69, 9.17) is 9.47 Å². The van der Waals surface area contributed by atoms with Gasteiger partial charge in [0.2, 0.25) is 0 Å². The zero-order valence-electron chi connectivity index (χ0n) is 15.2. The van der Waals surface area contributed by atoms with Gasteiger partial charge in [-0.3, -0.25) is 4.90 Å². The summed E-state index contributed by atoms with van der Waals surface area (Å²) in [6, 6.07) is 14.6. The molecule has 0 aromatic heterocycles. The molecule has 4 rings (SSSR count). The van der Waals surface area contributed by atoms with E-state index < -0.39 is 0 Å². The number of ether oxygens (including phenoxy) is 2. The lowest BCUT2D eigenvalue weighted by atomic mass is 9.96. The normalized spacial score (nSPS) is 20.4. The van der Waals surface area contributed by atoms with Gasteiger partial charge in [0.15, 0.2) is 0 Å². The summed E-state index contributed by atoms with van der Waals surface area (Å²) in [5.74, 6) is 1.90. The van der Waals surface area contributed by atoms with Crippen LogP contribution in [0.15, 0.2) is 42.5 Å². The molecule has 0 saturated carbocycles. The summed E-state index contributed by atoms with van der Waals surface area (Å²) in [5.41, 5.74) is 3.34. The van der Waals surface area contributed by atoms with Gasteiger partial charge < -0.3 is 19.5 Å². The highest BCUT2D eigenvalue weighted by Crippen LogP contribution is 2.38. The summed E-state index contributed by atoms with van der Waals surface area (Å²) in [5, 5.41) is 9.47.